The molecule has 0 saturated carbocycles. The first kappa shape index (κ1) is 10.2. The molecule has 0 bridgehead atoms. The van der Waals surface area contributed by atoms with Gasteiger partial charge in [-0.05, 0) is 30.9 Å². The largest absolute Gasteiger partial charge is 0.343 e. The Hall–Kier alpha value is -0.900. The van der Waals surface area contributed by atoms with Gasteiger partial charge < -0.3 is 4.90 Å². The topological polar surface area (TPSA) is 33.2 Å². The van der Waals surface area contributed by atoms with Crippen molar-refractivity contribution in [2.45, 2.75) is 20.3 Å². The molecule has 72 valence electrons. The number of carbonyl (C=O) groups excluding carboxylic acids is 1. The maximum atomic E-state index is 11.6. The van der Waals surface area contributed by atoms with Crippen LogP contribution in [0.2, 0.25) is 0 Å². The van der Waals surface area contributed by atoms with Crippen molar-refractivity contribution in [3.63, 3.8) is 0 Å². The number of rotatable bonds is 4. The summed E-state index contributed by atoms with van der Waals surface area (Å²) in [7, 11) is 0. The smallest absolute Gasteiger partial charge is 0.227 e. The van der Waals surface area contributed by atoms with Crippen LogP contribution in [0.3, 0.4) is 0 Å². The number of aromatic nitrogens is 1. The van der Waals surface area contributed by atoms with Crippen LogP contribution in [0.5, 0.6) is 0 Å². The van der Waals surface area contributed by atoms with Gasteiger partial charge in [-0.15, -0.1) is 0 Å². The van der Waals surface area contributed by atoms with Crippen molar-refractivity contribution in [1.29, 1.82) is 0 Å². The summed E-state index contributed by atoms with van der Waals surface area (Å²) in [5, 5.41) is 1.92. The fourth-order valence-electron chi connectivity index (χ4n) is 1.18. The minimum atomic E-state index is 0.185. The summed E-state index contributed by atoms with van der Waals surface area (Å²) in [5.41, 5.74) is 1.02. The monoisotopic (exact) mass is 198 g/mol. The molecule has 0 aromatic carbocycles. The lowest BCUT2D eigenvalue weighted by atomic mass is 10.2. The number of hydrogen-bond donors (Lipinski definition) is 0. The van der Waals surface area contributed by atoms with Crippen LogP contribution in [0.25, 0.3) is 0 Å². The Kier molecular flexibility index (Phi) is 3.89. The molecule has 0 N–H and O–H groups in total. The van der Waals surface area contributed by atoms with Gasteiger partial charge in [0.15, 0.2) is 0 Å². The van der Waals surface area contributed by atoms with Crippen molar-refractivity contribution in [2.75, 3.05) is 13.1 Å². The number of likely N-dealkylation sites (N-methyl/N-ethyl adjacent to an activating group) is 1. The number of carbonyl (C=O) groups is 1. The summed E-state index contributed by atoms with van der Waals surface area (Å²) >= 11 is 1.39. The van der Waals surface area contributed by atoms with E-state index in [2.05, 4.69) is 4.37 Å². The molecular weight excluding hydrogens is 184 g/mol. The summed E-state index contributed by atoms with van der Waals surface area (Å²) in [6.45, 7) is 5.56. The molecular formula is C9H14N2OS. The van der Waals surface area contributed by atoms with Gasteiger partial charge in [0, 0.05) is 24.7 Å². The average Bonchev–Trinajstić information content (AvgIpc) is 2.59. The zero-order chi connectivity index (χ0) is 9.68. The van der Waals surface area contributed by atoms with Crippen LogP contribution in [-0.2, 0) is 11.2 Å². The highest BCUT2D eigenvalue weighted by Crippen LogP contribution is 2.04. The van der Waals surface area contributed by atoms with E-state index in [1.165, 1.54) is 11.5 Å². The third-order valence-electron chi connectivity index (χ3n) is 1.95. The van der Waals surface area contributed by atoms with E-state index in [-0.39, 0.29) is 5.91 Å². The lowest BCUT2D eigenvalue weighted by Crippen LogP contribution is -2.31. The highest BCUT2D eigenvalue weighted by Gasteiger charge is 2.10. The Morgan fingerprint density at radius 3 is 2.69 bits per heavy atom. The number of nitrogens with zero attached hydrogens (tertiary/aromatic N) is 2. The quantitative estimate of drug-likeness (QED) is 0.735. The van der Waals surface area contributed by atoms with Crippen molar-refractivity contribution in [3.8, 4) is 0 Å². The first-order chi connectivity index (χ1) is 6.27. The Morgan fingerprint density at radius 2 is 2.23 bits per heavy atom. The van der Waals surface area contributed by atoms with Gasteiger partial charge in [-0.2, -0.15) is 0 Å². The second kappa shape index (κ2) is 4.97. The zero-order valence-electron chi connectivity index (χ0n) is 7.99. The SMILES string of the molecule is CCN(CC)C(=O)Cc1cnsc1. The van der Waals surface area contributed by atoms with Crippen molar-refractivity contribution in [3.05, 3.63) is 17.1 Å². The lowest BCUT2D eigenvalue weighted by Gasteiger charge is -2.17. The second-order valence-electron chi connectivity index (χ2n) is 2.78. The van der Waals surface area contributed by atoms with Crippen molar-refractivity contribution < 1.29 is 4.79 Å². The van der Waals surface area contributed by atoms with Gasteiger partial charge in [0.25, 0.3) is 0 Å². The van der Waals surface area contributed by atoms with Crippen LogP contribution < -0.4 is 0 Å². The minimum absolute atomic E-state index is 0.185. The Morgan fingerprint density at radius 1 is 1.54 bits per heavy atom. The van der Waals surface area contributed by atoms with Crippen molar-refractivity contribution in [2.24, 2.45) is 0 Å². The molecule has 1 amide bonds. The summed E-state index contributed by atoms with van der Waals surface area (Å²) in [4.78, 5) is 13.4. The van der Waals surface area contributed by atoms with E-state index in [9.17, 15) is 4.79 Å². The third kappa shape index (κ3) is 2.81. The van der Waals surface area contributed by atoms with Gasteiger partial charge >= 0.3 is 0 Å². The number of amides is 1. The van der Waals surface area contributed by atoms with Crippen LogP contribution >= 0.6 is 11.5 Å². The molecule has 0 unspecified atom stereocenters. The first-order valence-electron chi connectivity index (χ1n) is 4.44. The summed E-state index contributed by atoms with van der Waals surface area (Å²) in [6, 6.07) is 0. The molecule has 0 spiro atoms. The third-order valence-corrected chi connectivity index (χ3v) is 2.59. The highest BCUT2D eigenvalue weighted by atomic mass is 32.1. The first-order valence-corrected chi connectivity index (χ1v) is 5.27. The predicted molar refractivity (Wildman–Crippen MR) is 53.7 cm³/mol. The van der Waals surface area contributed by atoms with Crippen LogP contribution in [0.1, 0.15) is 19.4 Å². The molecule has 1 heterocycles. The van der Waals surface area contributed by atoms with Gasteiger partial charge in [0.1, 0.15) is 0 Å². The minimum Gasteiger partial charge on any atom is -0.343 e. The molecule has 0 aliphatic carbocycles. The van der Waals surface area contributed by atoms with E-state index in [1.54, 1.807) is 6.20 Å². The summed E-state index contributed by atoms with van der Waals surface area (Å²) < 4.78 is 3.96. The van der Waals surface area contributed by atoms with E-state index < -0.39 is 0 Å². The maximum absolute atomic E-state index is 11.6. The lowest BCUT2D eigenvalue weighted by molar-refractivity contribution is -0.130. The molecule has 0 atom stereocenters. The van der Waals surface area contributed by atoms with E-state index in [0.717, 1.165) is 18.7 Å². The van der Waals surface area contributed by atoms with Gasteiger partial charge in [0.05, 0.1) is 6.42 Å². The predicted octanol–water partition coefficient (Wildman–Crippen LogP) is 1.55. The second-order valence-corrected chi connectivity index (χ2v) is 3.43. The molecule has 0 fully saturated rings. The van der Waals surface area contributed by atoms with Gasteiger partial charge in [0.2, 0.25) is 5.91 Å². The molecule has 4 heteroatoms. The maximum Gasteiger partial charge on any atom is 0.227 e. The fraction of sp³-hybridized carbons (Fsp3) is 0.556. The number of hydrogen-bond acceptors (Lipinski definition) is 3. The van der Waals surface area contributed by atoms with E-state index in [0.29, 0.717) is 6.42 Å². The van der Waals surface area contributed by atoms with Crippen LogP contribution in [0.15, 0.2) is 11.6 Å². The molecule has 13 heavy (non-hydrogen) atoms. The molecule has 0 aliphatic heterocycles. The standard InChI is InChI=1S/C9H14N2OS/c1-3-11(4-2)9(12)5-8-6-10-13-7-8/h6-7H,3-5H2,1-2H3. The van der Waals surface area contributed by atoms with Crippen LogP contribution in [0.4, 0.5) is 0 Å². The Balaban J connectivity index is 2.49. The van der Waals surface area contributed by atoms with E-state index in [4.69, 9.17) is 0 Å². The van der Waals surface area contributed by atoms with Crippen molar-refractivity contribution >= 4 is 17.4 Å². The van der Waals surface area contributed by atoms with E-state index >= 15 is 0 Å². The zero-order valence-corrected chi connectivity index (χ0v) is 8.80. The highest BCUT2D eigenvalue weighted by molar-refractivity contribution is 7.03. The Bertz CT molecular complexity index is 255. The molecule has 1 rings (SSSR count). The average molecular weight is 198 g/mol. The molecule has 3 nitrogen and oxygen atoms in total. The molecule has 0 radical (unpaired) electrons. The fourth-order valence-corrected chi connectivity index (χ4v) is 1.71. The normalized spacial score (nSPS) is 10.0. The van der Waals surface area contributed by atoms with E-state index in [1.807, 2.05) is 24.1 Å². The van der Waals surface area contributed by atoms with Crippen molar-refractivity contribution in [1.82, 2.24) is 9.27 Å². The van der Waals surface area contributed by atoms with Crippen LogP contribution in [-0.4, -0.2) is 28.3 Å². The molecule has 1 aromatic rings. The van der Waals surface area contributed by atoms with Gasteiger partial charge in [-0.1, -0.05) is 0 Å². The van der Waals surface area contributed by atoms with Gasteiger partial charge in [-0.25, -0.2) is 4.37 Å². The van der Waals surface area contributed by atoms with Crippen LogP contribution in [0, 0.1) is 0 Å². The summed E-state index contributed by atoms with van der Waals surface area (Å²) in [5.74, 6) is 0.185. The Labute approximate surface area is 82.5 Å². The molecule has 0 aliphatic rings. The molecule has 1 aromatic heterocycles. The summed E-state index contributed by atoms with van der Waals surface area (Å²) in [6.07, 6.45) is 2.24. The van der Waals surface area contributed by atoms with Gasteiger partial charge in [-0.3, -0.25) is 4.79 Å². The molecule has 0 saturated heterocycles.